The fourth-order valence-corrected chi connectivity index (χ4v) is 3.05. The van der Waals surface area contributed by atoms with E-state index in [0.29, 0.717) is 18.5 Å². The molecule has 2 atom stereocenters. The molecule has 4 N–H and O–H groups in total. The molecular formula is C16H25N3O2. The first-order chi connectivity index (χ1) is 10.2. The lowest BCUT2D eigenvalue weighted by molar-refractivity contribution is -0.119. The second-order valence-electron chi connectivity index (χ2n) is 5.84. The third kappa shape index (κ3) is 5.46. The van der Waals surface area contributed by atoms with Gasteiger partial charge in [0.25, 0.3) is 0 Å². The molecule has 1 fully saturated rings. The van der Waals surface area contributed by atoms with Crippen LogP contribution in [0.5, 0.6) is 0 Å². The Balaban J connectivity index is 1.88. The molecule has 0 bridgehead atoms. The summed E-state index contributed by atoms with van der Waals surface area (Å²) in [6, 6.07) is 10.6. The van der Waals surface area contributed by atoms with Crippen molar-refractivity contribution in [1.82, 2.24) is 10.2 Å². The normalized spacial score (nSPS) is 23.1. The zero-order valence-corrected chi connectivity index (χ0v) is 12.4. The Kier molecular flexibility index (Phi) is 6.17. The molecule has 21 heavy (non-hydrogen) atoms. The zero-order chi connectivity index (χ0) is 15.1. The van der Waals surface area contributed by atoms with Gasteiger partial charge in [-0.15, -0.1) is 0 Å². The third-order valence-electron chi connectivity index (χ3n) is 3.97. The van der Waals surface area contributed by atoms with Crippen molar-refractivity contribution in [2.24, 2.45) is 11.7 Å². The molecule has 116 valence electrons. The molecule has 1 amide bonds. The second kappa shape index (κ2) is 8.12. The molecule has 1 aromatic rings. The van der Waals surface area contributed by atoms with Crippen LogP contribution >= 0.6 is 0 Å². The predicted molar refractivity (Wildman–Crippen MR) is 82.5 cm³/mol. The molecule has 0 aliphatic carbocycles. The lowest BCUT2D eigenvalue weighted by Crippen LogP contribution is -2.51. The van der Waals surface area contributed by atoms with Crippen LogP contribution in [0.25, 0.3) is 0 Å². The van der Waals surface area contributed by atoms with Gasteiger partial charge in [0.05, 0.1) is 6.54 Å². The minimum Gasteiger partial charge on any atom is -0.396 e. The fraction of sp³-hybridized carbons (Fsp3) is 0.562. The van der Waals surface area contributed by atoms with Crippen LogP contribution < -0.4 is 11.1 Å². The number of carbonyl (C=O) groups is 1. The van der Waals surface area contributed by atoms with Crippen LogP contribution in [0.1, 0.15) is 18.4 Å². The van der Waals surface area contributed by atoms with Gasteiger partial charge in [-0.1, -0.05) is 30.3 Å². The number of rotatable bonds is 7. The summed E-state index contributed by atoms with van der Waals surface area (Å²) in [5.41, 5.74) is 6.56. The van der Waals surface area contributed by atoms with E-state index in [1.54, 1.807) is 0 Å². The Morgan fingerprint density at radius 1 is 1.33 bits per heavy atom. The summed E-state index contributed by atoms with van der Waals surface area (Å²) in [4.78, 5) is 13.2. The van der Waals surface area contributed by atoms with Gasteiger partial charge in [-0.05, 0) is 24.3 Å². The highest BCUT2D eigenvalue weighted by molar-refractivity contribution is 5.75. The van der Waals surface area contributed by atoms with Crippen molar-refractivity contribution in [3.8, 4) is 0 Å². The lowest BCUT2D eigenvalue weighted by atomic mass is 9.91. The summed E-state index contributed by atoms with van der Waals surface area (Å²) >= 11 is 0. The predicted octanol–water partition coefficient (Wildman–Crippen LogP) is 0.334. The summed E-state index contributed by atoms with van der Waals surface area (Å²) in [7, 11) is 0. The van der Waals surface area contributed by atoms with Gasteiger partial charge in [-0.2, -0.15) is 0 Å². The number of nitrogens with two attached hydrogens (primary N) is 1. The number of nitrogens with one attached hydrogen (secondary N) is 1. The number of aliphatic hydroxyl groups excluding tert-OH is 1. The maximum absolute atomic E-state index is 11.1. The number of nitrogens with zero attached hydrogens (tertiary/aromatic N) is 1. The quantitative estimate of drug-likeness (QED) is 0.677. The van der Waals surface area contributed by atoms with Crippen LogP contribution in [0.15, 0.2) is 30.3 Å². The molecular weight excluding hydrogens is 266 g/mol. The van der Waals surface area contributed by atoms with Crippen molar-refractivity contribution in [3.63, 3.8) is 0 Å². The van der Waals surface area contributed by atoms with Crippen molar-refractivity contribution in [1.29, 1.82) is 0 Å². The molecule has 1 heterocycles. The van der Waals surface area contributed by atoms with Gasteiger partial charge in [0, 0.05) is 32.3 Å². The highest BCUT2D eigenvalue weighted by Crippen LogP contribution is 2.20. The first kappa shape index (κ1) is 15.9. The van der Waals surface area contributed by atoms with Gasteiger partial charge < -0.3 is 16.2 Å². The Hall–Kier alpha value is -1.43. The van der Waals surface area contributed by atoms with E-state index < -0.39 is 0 Å². The Morgan fingerprint density at radius 2 is 2.10 bits per heavy atom. The molecule has 5 nitrogen and oxygen atoms in total. The van der Waals surface area contributed by atoms with Gasteiger partial charge in [-0.25, -0.2) is 0 Å². The van der Waals surface area contributed by atoms with Crippen LogP contribution in [0.3, 0.4) is 0 Å². The number of benzene rings is 1. The van der Waals surface area contributed by atoms with Crippen LogP contribution in [0, 0.1) is 5.92 Å². The number of piperidine rings is 1. The standard InChI is InChI=1S/C16H25N3O2/c17-16(21)12-19-10-14(6-7-20)8-15(11-19)18-9-13-4-2-1-3-5-13/h1-5,14-15,18,20H,6-12H2,(H2,17,21). The summed E-state index contributed by atoms with van der Waals surface area (Å²) < 4.78 is 0. The SMILES string of the molecule is NC(=O)CN1CC(CCO)CC(NCc2ccccc2)C1. The molecule has 1 aliphatic rings. The van der Waals surface area contributed by atoms with E-state index >= 15 is 0 Å². The monoisotopic (exact) mass is 291 g/mol. The maximum atomic E-state index is 11.1. The molecule has 0 radical (unpaired) electrons. The summed E-state index contributed by atoms with van der Waals surface area (Å²) in [6.07, 6.45) is 1.81. The molecule has 1 aromatic carbocycles. The average Bonchev–Trinajstić information content (AvgIpc) is 2.46. The zero-order valence-electron chi connectivity index (χ0n) is 12.4. The molecule has 2 unspecified atom stereocenters. The minimum atomic E-state index is -0.290. The maximum Gasteiger partial charge on any atom is 0.231 e. The molecule has 5 heteroatoms. The van der Waals surface area contributed by atoms with Crippen LogP contribution in [0.2, 0.25) is 0 Å². The number of hydrogen-bond donors (Lipinski definition) is 3. The molecule has 2 rings (SSSR count). The van der Waals surface area contributed by atoms with E-state index in [1.807, 2.05) is 18.2 Å². The minimum absolute atomic E-state index is 0.195. The van der Waals surface area contributed by atoms with E-state index in [4.69, 9.17) is 10.8 Å². The topological polar surface area (TPSA) is 78.6 Å². The number of amides is 1. The Morgan fingerprint density at radius 3 is 2.76 bits per heavy atom. The summed E-state index contributed by atoms with van der Waals surface area (Å²) in [6.45, 7) is 2.98. The van der Waals surface area contributed by atoms with E-state index in [2.05, 4.69) is 22.3 Å². The highest BCUT2D eigenvalue weighted by Gasteiger charge is 2.27. The number of hydrogen-bond acceptors (Lipinski definition) is 4. The third-order valence-corrected chi connectivity index (χ3v) is 3.97. The first-order valence-corrected chi connectivity index (χ1v) is 7.56. The van der Waals surface area contributed by atoms with Gasteiger partial charge in [0.2, 0.25) is 5.91 Å². The van der Waals surface area contributed by atoms with E-state index in [-0.39, 0.29) is 12.5 Å². The van der Waals surface area contributed by atoms with Gasteiger partial charge >= 0.3 is 0 Å². The Bertz CT molecular complexity index is 438. The van der Waals surface area contributed by atoms with Crippen molar-refractivity contribution < 1.29 is 9.90 Å². The molecule has 1 aliphatic heterocycles. The van der Waals surface area contributed by atoms with Gasteiger partial charge in [-0.3, -0.25) is 9.69 Å². The number of likely N-dealkylation sites (tertiary alicyclic amines) is 1. The van der Waals surface area contributed by atoms with Crippen molar-refractivity contribution in [2.75, 3.05) is 26.2 Å². The largest absolute Gasteiger partial charge is 0.396 e. The number of aliphatic hydroxyl groups is 1. The lowest BCUT2D eigenvalue weighted by Gasteiger charge is -2.37. The molecule has 0 spiro atoms. The molecule has 0 saturated carbocycles. The van der Waals surface area contributed by atoms with Crippen molar-refractivity contribution >= 4 is 5.91 Å². The number of primary amides is 1. The molecule has 1 saturated heterocycles. The first-order valence-electron chi connectivity index (χ1n) is 7.56. The second-order valence-corrected chi connectivity index (χ2v) is 5.84. The number of carbonyl (C=O) groups excluding carboxylic acids is 1. The average molecular weight is 291 g/mol. The van der Waals surface area contributed by atoms with Crippen LogP contribution in [0.4, 0.5) is 0 Å². The Labute approximate surface area is 126 Å². The van der Waals surface area contributed by atoms with E-state index in [1.165, 1.54) is 5.56 Å². The van der Waals surface area contributed by atoms with E-state index in [9.17, 15) is 4.79 Å². The van der Waals surface area contributed by atoms with Crippen molar-refractivity contribution in [2.45, 2.75) is 25.4 Å². The summed E-state index contributed by atoms with van der Waals surface area (Å²) in [5, 5.41) is 12.7. The highest BCUT2D eigenvalue weighted by atomic mass is 16.3. The van der Waals surface area contributed by atoms with Crippen molar-refractivity contribution in [3.05, 3.63) is 35.9 Å². The summed E-state index contributed by atoms with van der Waals surface area (Å²) in [5.74, 6) is 0.123. The van der Waals surface area contributed by atoms with Crippen LogP contribution in [-0.4, -0.2) is 48.2 Å². The van der Waals surface area contributed by atoms with Gasteiger partial charge in [0.15, 0.2) is 0 Å². The van der Waals surface area contributed by atoms with Crippen LogP contribution in [-0.2, 0) is 11.3 Å². The fourth-order valence-electron chi connectivity index (χ4n) is 3.05. The molecule has 0 aromatic heterocycles. The van der Waals surface area contributed by atoms with E-state index in [0.717, 1.165) is 32.5 Å². The smallest absolute Gasteiger partial charge is 0.231 e. The van der Waals surface area contributed by atoms with Gasteiger partial charge in [0.1, 0.15) is 0 Å².